The topological polar surface area (TPSA) is 55.8 Å². The van der Waals surface area contributed by atoms with E-state index in [-0.39, 0.29) is 23.9 Å². The van der Waals surface area contributed by atoms with Crippen molar-refractivity contribution in [2.45, 2.75) is 6.61 Å². The molecule has 4 nitrogen and oxygen atoms in total. The van der Waals surface area contributed by atoms with Crippen LogP contribution in [0.25, 0.3) is 6.08 Å². The Morgan fingerprint density at radius 1 is 1.30 bits per heavy atom. The zero-order chi connectivity index (χ0) is 16.4. The van der Waals surface area contributed by atoms with E-state index in [1.165, 1.54) is 12.1 Å². The number of ether oxygens (including phenoxy) is 2. The lowest BCUT2D eigenvalue weighted by Gasteiger charge is -2.19. The van der Waals surface area contributed by atoms with Gasteiger partial charge in [0.2, 0.25) is 0 Å². The smallest absolute Gasteiger partial charge is 0.189 e. The molecule has 2 aromatic rings. The molecule has 118 valence electrons. The summed E-state index contributed by atoms with van der Waals surface area (Å²) < 4.78 is 11.4. The summed E-state index contributed by atoms with van der Waals surface area (Å²) >= 11 is 9.36. The summed E-state index contributed by atoms with van der Waals surface area (Å²) in [6, 6.07) is 8.19. The Labute approximate surface area is 146 Å². The summed E-state index contributed by atoms with van der Waals surface area (Å²) in [5.74, 6) is 0.272. The molecule has 23 heavy (non-hydrogen) atoms. The Morgan fingerprint density at radius 3 is 2.96 bits per heavy atom. The molecule has 0 aromatic heterocycles. The molecule has 3 rings (SSSR count). The first-order valence-electron chi connectivity index (χ1n) is 6.78. The van der Waals surface area contributed by atoms with Crippen molar-refractivity contribution in [1.82, 2.24) is 0 Å². The van der Waals surface area contributed by atoms with Crippen molar-refractivity contribution in [2.24, 2.45) is 0 Å². The van der Waals surface area contributed by atoms with Crippen molar-refractivity contribution in [1.29, 1.82) is 0 Å². The molecule has 0 unspecified atom stereocenters. The number of rotatable bonds is 3. The van der Waals surface area contributed by atoms with Crippen LogP contribution in [0.3, 0.4) is 0 Å². The number of halogens is 2. The molecule has 0 bridgehead atoms. The van der Waals surface area contributed by atoms with Gasteiger partial charge < -0.3 is 14.6 Å². The van der Waals surface area contributed by atoms with E-state index in [1.807, 2.05) is 0 Å². The van der Waals surface area contributed by atoms with E-state index < -0.39 is 0 Å². The van der Waals surface area contributed by atoms with Crippen LogP contribution in [0.1, 0.15) is 21.5 Å². The fourth-order valence-electron chi connectivity index (χ4n) is 2.29. The van der Waals surface area contributed by atoms with Crippen LogP contribution < -0.4 is 4.74 Å². The van der Waals surface area contributed by atoms with Crippen LogP contribution in [0.5, 0.6) is 11.5 Å². The third-order valence-electron chi connectivity index (χ3n) is 3.34. The average molecular weight is 396 g/mol. The van der Waals surface area contributed by atoms with E-state index in [2.05, 4.69) is 15.9 Å². The van der Waals surface area contributed by atoms with Gasteiger partial charge in [-0.2, -0.15) is 0 Å². The van der Waals surface area contributed by atoms with Gasteiger partial charge in [-0.15, -0.1) is 0 Å². The maximum Gasteiger partial charge on any atom is 0.189 e. The van der Waals surface area contributed by atoms with Gasteiger partial charge in [0.05, 0.1) is 12.2 Å². The number of ketones is 1. The number of hydrogen-bond donors (Lipinski definition) is 1. The molecule has 0 aliphatic carbocycles. The number of carbonyl (C=O) groups excluding carboxylic acids is 1. The number of phenolic OH excluding ortho intramolecular Hbond substituents is 1. The highest BCUT2D eigenvalue weighted by Gasteiger charge is 2.15. The number of carbonyl (C=O) groups is 1. The van der Waals surface area contributed by atoms with Crippen molar-refractivity contribution < 1.29 is 19.4 Å². The quantitative estimate of drug-likeness (QED) is 0.611. The van der Waals surface area contributed by atoms with Crippen molar-refractivity contribution in [3.63, 3.8) is 0 Å². The van der Waals surface area contributed by atoms with Crippen molar-refractivity contribution in [3.8, 4) is 11.5 Å². The summed E-state index contributed by atoms with van der Waals surface area (Å²) in [6.45, 7) is 0.576. The Hall–Kier alpha value is -1.82. The molecule has 1 heterocycles. The van der Waals surface area contributed by atoms with Gasteiger partial charge in [0, 0.05) is 20.6 Å². The predicted octanol–water partition coefficient (Wildman–Crippen LogP) is 4.57. The molecule has 0 amide bonds. The largest absolute Gasteiger partial charge is 0.507 e. The highest BCUT2D eigenvalue weighted by Crippen LogP contribution is 2.32. The van der Waals surface area contributed by atoms with E-state index in [4.69, 9.17) is 21.1 Å². The number of aromatic hydroxyl groups is 1. The minimum atomic E-state index is -0.315. The maximum absolute atomic E-state index is 12.3. The van der Waals surface area contributed by atoms with Crippen molar-refractivity contribution in [2.75, 3.05) is 6.79 Å². The third kappa shape index (κ3) is 3.58. The molecule has 0 saturated heterocycles. The SMILES string of the molecule is O=C(/C=C/c1cc(Cl)cc2c1OCOC2)c1cc(Br)ccc1O. The number of phenols is 1. The average Bonchev–Trinajstić information content (AvgIpc) is 2.54. The zero-order valence-electron chi connectivity index (χ0n) is 11.9. The van der Waals surface area contributed by atoms with Gasteiger partial charge in [0.15, 0.2) is 12.6 Å². The molecule has 1 N–H and O–H groups in total. The molecule has 0 atom stereocenters. The number of allylic oxidation sites excluding steroid dienone is 1. The molecule has 1 aliphatic heterocycles. The second kappa shape index (κ2) is 6.74. The third-order valence-corrected chi connectivity index (χ3v) is 4.05. The summed E-state index contributed by atoms with van der Waals surface area (Å²) in [5, 5.41) is 10.3. The first-order chi connectivity index (χ1) is 11.0. The van der Waals surface area contributed by atoms with Gasteiger partial charge in [0.25, 0.3) is 0 Å². The van der Waals surface area contributed by atoms with E-state index in [0.29, 0.717) is 27.4 Å². The lowest BCUT2D eigenvalue weighted by atomic mass is 10.1. The van der Waals surface area contributed by atoms with Crippen LogP contribution >= 0.6 is 27.5 Å². The van der Waals surface area contributed by atoms with Gasteiger partial charge >= 0.3 is 0 Å². The normalized spacial score (nSPS) is 13.7. The summed E-state index contributed by atoms with van der Waals surface area (Å²) in [6.07, 6.45) is 3.00. The molecular formula is C17H12BrClO4. The van der Waals surface area contributed by atoms with Gasteiger partial charge in [-0.3, -0.25) is 4.79 Å². The fraction of sp³-hybridized carbons (Fsp3) is 0.118. The number of hydrogen-bond acceptors (Lipinski definition) is 4. The standard InChI is InChI=1S/C17H12BrClO4/c18-12-2-4-16(21)14(7-12)15(20)3-1-10-5-13(19)6-11-8-22-9-23-17(10)11/h1-7,21H,8-9H2/b3-1+. The van der Waals surface area contributed by atoms with Gasteiger partial charge in [-0.1, -0.05) is 27.5 Å². The van der Waals surface area contributed by atoms with Crippen molar-refractivity contribution in [3.05, 3.63) is 62.6 Å². The van der Waals surface area contributed by atoms with Gasteiger partial charge in [-0.25, -0.2) is 0 Å². The van der Waals surface area contributed by atoms with Crippen LogP contribution in [-0.2, 0) is 11.3 Å². The van der Waals surface area contributed by atoms with E-state index in [0.717, 1.165) is 5.56 Å². The summed E-state index contributed by atoms with van der Waals surface area (Å²) in [5.41, 5.74) is 1.75. The minimum Gasteiger partial charge on any atom is -0.507 e. The maximum atomic E-state index is 12.3. The first-order valence-corrected chi connectivity index (χ1v) is 7.95. The highest BCUT2D eigenvalue weighted by molar-refractivity contribution is 9.10. The lowest BCUT2D eigenvalue weighted by Crippen LogP contribution is -2.12. The van der Waals surface area contributed by atoms with Crippen LogP contribution in [-0.4, -0.2) is 17.7 Å². The molecule has 1 aliphatic rings. The number of benzene rings is 2. The minimum absolute atomic E-state index is 0.0689. The van der Waals surface area contributed by atoms with E-state index in [1.54, 1.807) is 30.3 Å². The molecular weight excluding hydrogens is 384 g/mol. The Balaban J connectivity index is 1.92. The lowest BCUT2D eigenvalue weighted by molar-refractivity contribution is -0.0165. The molecule has 2 aromatic carbocycles. The van der Waals surface area contributed by atoms with Gasteiger partial charge in [-0.05, 0) is 42.5 Å². The summed E-state index contributed by atoms with van der Waals surface area (Å²) in [4.78, 5) is 12.3. The van der Waals surface area contributed by atoms with Gasteiger partial charge in [0.1, 0.15) is 11.5 Å². The van der Waals surface area contributed by atoms with Crippen LogP contribution in [0.15, 0.2) is 40.9 Å². The second-order valence-electron chi connectivity index (χ2n) is 4.95. The first kappa shape index (κ1) is 16.1. The summed E-state index contributed by atoms with van der Waals surface area (Å²) in [7, 11) is 0. The van der Waals surface area contributed by atoms with Crippen LogP contribution in [0.2, 0.25) is 5.02 Å². The van der Waals surface area contributed by atoms with Crippen LogP contribution in [0, 0.1) is 0 Å². The zero-order valence-corrected chi connectivity index (χ0v) is 14.2. The molecule has 0 spiro atoms. The predicted molar refractivity (Wildman–Crippen MR) is 90.9 cm³/mol. The molecule has 0 fully saturated rings. The van der Waals surface area contributed by atoms with E-state index >= 15 is 0 Å². The monoisotopic (exact) mass is 394 g/mol. The van der Waals surface area contributed by atoms with Crippen LogP contribution in [0.4, 0.5) is 0 Å². The fourth-order valence-corrected chi connectivity index (χ4v) is 2.90. The molecule has 6 heteroatoms. The molecule has 0 saturated carbocycles. The Morgan fingerprint density at radius 2 is 2.13 bits per heavy atom. The number of fused-ring (bicyclic) bond motifs is 1. The van der Waals surface area contributed by atoms with Crippen molar-refractivity contribution >= 4 is 39.4 Å². The molecule has 0 radical (unpaired) electrons. The highest BCUT2D eigenvalue weighted by atomic mass is 79.9. The Kier molecular flexibility index (Phi) is 4.71. The second-order valence-corrected chi connectivity index (χ2v) is 6.31. The Bertz CT molecular complexity index is 801. The van der Waals surface area contributed by atoms with E-state index in [9.17, 15) is 9.90 Å².